The summed E-state index contributed by atoms with van der Waals surface area (Å²) in [4.78, 5) is 12.7. The Labute approximate surface area is 173 Å². The van der Waals surface area contributed by atoms with Crippen LogP contribution in [0.25, 0.3) is 0 Å². The van der Waals surface area contributed by atoms with Crippen LogP contribution in [-0.2, 0) is 35.7 Å². The first-order chi connectivity index (χ1) is 14.3. The summed E-state index contributed by atoms with van der Waals surface area (Å²) in [5, 5.41) is 32.6. The Morgan fingerprint density at radius 1 is 1.33 bits per heavy atom. The number of benzene rings is 1. The van der Waals surface area contributed by atoms with E-state index in [1.807, 2.05) is 6.07 Å². The third kappa shape index (κ3) is 3.18. The maximum Gasteiger partial charge on any atom is 0.354 e. The van der Waals surface area contributed by atoms with Crippen molar-refractivity contribution in [1.82, 2.24) is 9.78 Å². The fraction of sp³-hybridized carbons (Fsp3) is 0.474. The van der Waals surface area contributed by atoms with Gasteiger partial charge in [-0.25, -0.2) is 18.8 Å². The predicted octanol–water partition coefficient (Wildman–Crippen LogP) is 1.04. The van der Waals surface area contributed by atoms with Gasteiger partial charge in [-0.2, -0.15) is 5.10 Å². The van der Waals surface area contributed by atoms with Crippen molar-refractivity contribution in [2.45, 2.75) is 55.8 Å². The molecule has 10 nitrogen and oxygen atoms in total. The monoisotopic (exact) mass is 433 g/mol. The maximum absolute atomic E-state index is 13.0. The number of aliphatic hydroxyl groups excluding tert-OH is 2. The van der Waals surface area contributed by atoms with Crippen molar-refractivity contribution >= 4 is 21.6 Å². The van der Waals surface area contributed by atoms with Crippen molar-refractivity contribution in [2.24, 2.45) is 9.50 Å². The van der Waals surface area contributed by atoms with E-state index in [0.717, 1.165) is 41.5 Å². The fourth-order valence-electron chi connectivity index (χ4n) is 4.53. The number of amides is 2. The quantitative estimate of drug-likeness (QED) is 0.555. The van der Waals surface area contributed by atoms with E-state index in [-0.39, 0.29) is 23.9 Å². The van der Waals surface area contributed by atoms with Gasteiger partial charge in [-0.05, 0) is 54.4 Å². The highest BCUT2D eigenvalue weighted by atomic mass is 32.2. The molecule has 30 heavy (non-hydrogen) atoms. The highest BCUT2D eigenvalue weighted by molar-refractivity contribution is 7.91. The number of aryl methyl sites for hydroxylation is 1. The van der Waals surface area contributed by atoms with E-state index in [1.165, 1.54) is 10.9 Å². The highest BCUT2D eigenvalue weighted by Crippen LogP contribution is 2.42. The number of urea groups is 1. The molecule has 2 heterocycles. The number of aliphatic hydroxyl groups is 2. The molecule has 0 fully saturated rings. The fourth-order valence-corrected chi connectivity index (χ4v) is 5.53. The SMILES string of the molecule is NS(=O)(=NC(=O)Nc1c2c(cc3c1CCC3O)CCC2)c1cnn2c1OCC(O)C2. The number of hydrogen-bond acceptors (Lipinski definition) is 6. The van der Waals surface area contributed by atoms with Crippen molar-refractivity contribution in [3.8, 4) is 5.88 Å². The molecule has 0 saturated heterocycles. The number of rotatable bonds is 2. The summed E-state index contributed by atoms with van der Waals surface area (Å²) in [7, 11) is -3.61. The molecule has 3 unspecified atom stereocenters. The van der Waals surface area contributed by atoms with Gasteiger partial charge in [0.15, 0.2) is 9.92 Å². The summed E-state index contributed by atoms with van der Waals surface area (Å²) in [6.07, 6.45) is 3.96. The molecule has 2 aliphatic carbocycles. The standard InChI is InChI=1S/C19H23N5O5S/c20-30(28,16-7-21-24-8-11(25)9-29-18(16)24)23-19(27)22-17-12-3-1-2-10(12)6-14-13(17)4-5-15(14)26/h6-7,11,15,25-26H,1-5,8-9H2,(H3,20,22,23,27,28). The lowest BCUT2D eigenvalue weighted by Crippen LogP contribution is -2.30. The van der Waals surface area contributed by atoms with Crippen molar-refractivity contribution in [1.29, 1.82) is 0 Å². The lowest BCUT2D eigenvalue weighted by molar-refractivity contribution is 0.0538. The average molecular weight is 433 g/mol. The zero-order valence-electron chi connectivity index (χ0n) is 16.2. The zero-order valence-corrected chi connectivity index (χ0v) is 17.0. The molecule has 0 spiro atoms. The normalized spacial score (nSPS) is 23.7. The van der Waals surface area contributed by atoms with E-state index in [4.69, 9.17) is 9.88 Å². The number of nitrogens with zero attached hydrogens (tertiary/aromatic N) is 3. The van der Waals surface area contributed by atoms with Crippen LogP contribution in [0.5, 0.6) is 5.88 Å². The molecular formula is C19H23N5O5S. The molecule has 2 aromatic rings. The largest absolute Gasteiger partial charge is 0.474 e. The predicted molar refractivity (Wildman–Crippen MR) is 108 cm³/mol. The van der Waals surface area contributed by atoms with Crippen LogP contribution in [0.15, 0.2) is 21.5 Å². The van der Waals surface area contributed by atoms with Crippen LogP contribution >= 0.6 is 0 Å². The van der Waals surface area contributed by atoms with Crippen LogP contribution in [0, 0.1) is 0 Å². The van der Waals surface area contributed by atoms with Crippen molar-refractivity contribution in [3.63, 3.8) is 0 Å². The topological polar surface area (TPSA) is 152 Å². The molecule has 3 atom stereocenters. The highest BCUT2D eigenvalue weighted by Gasteiger charge is 2.30. The summed E-state index contributed by atoms with van der Waals surface area (Å²) in [5.41, 5.74) is 4.59. The molecule has 1 aliphatic heterocycles. The Morgan fingerprint density at radius 2 is 2.17 bits per heavy atom. The van der Waals surface area contributed by atoms with Gasteiger partial charge in [0.2, 0.25) is 5.88 Å². The van der Waals surface area contributed by atoms with Gasteiger partial charge < -0.3 is 20.3 Å². The third-order valence-electron chi connectivity index (χ3n) is 5.89. The van der Waals surface area contributed by atoms with E-state index in [1.54, 1.807) is 0 Å². The molecule has 0 saturated carbocycles. The van der Waals surface area contributed by atoms with E-state index < -0.39 is 28.2 Å². The van der Waals surface area contributed by atoms with Crippen LogP contribution in [0.1, 0.15) is 41.2 Å². The molecule has 1 aromatic carbocycles. The van der Waals surface area contributed by atoms with Crippen LogP contribution in [0.2, 0.25) is 0 Å². The van der Waals surface area contributed by atoms with Gasteiger partial charge in [-0.15, -0.1) is 4.36 Å². The summed E-state index contributed by atoms with van der Waals surface area (Å²) < 4.78 is 23.5. The molecule has 11 heteroatoms. The summed E-state index contributed by atoms with van der Waals surface area (Å²) in [6.45, 7) is 0.201. The Morgan fingerprint density at radius 3 is 3.00 bits per heavy atom. The van der Waals surface area contributed by atoms with Gasteiger partial charge in [-0.1, -0.05) is 6.07 Å². The molecule has 0 bridgehead atoms. The lowest BCUT2D eigenvalue weighted by Gasteiger charge is -2.20. The third-order valence-corrected chi connectivity index (χ3v) is 7.24. The van der Waals surface area contributed by atoms with Gasteiger partial charge in [0.05, 0.1) is 18.8 Å². The van der Waals surface area contributed by atoms with Gasteiger partial charge >= 0.3 is 6.03 Å². The van der Waals surface area contributed by atoms with Crippen LogP contribution < -0.4 is 15.2 Å². The number of anilines is 1. The van der Waals surface area contributed by atoms with E-state index in [0.29, 0.717) is 18.5 Å². The molecule has 5 rings (SSSR count). The minimum atomic E-state index is -3.61. The summed E-state index contributed by atoms with van der Waals surface area (Å²) >= 11 is 0. The first-order valence-corrected chi connectivity index (χ1v) is 11.5. The van der Waals surface area contributed by atoms with E-state index >= 15 is 0 Å². The summed E-state index contributed by atoms with van der Waals surface area (Å²) in [6, 6.07) is 1.22. The Kier molecular flexibility index (Phi) is 4.58. The molecule has 5 N–H and O–H groups in total. The van der Waals surface area contributed by atoms with Crippen molar-refractivity contribution in [2.75, 3.05) is 11.9 Å². The van der Waals surface area contributed by atoms with Crippen LogP contribution in [0.3, 0.4) is 0 Å². The van der Waals surface area contributed by atoms with Gasteiger partial charge in [0.25, 0.3) is 0 Å². The Bertz CT molecular complexity index is 1170. The second-order valence-electron chi connectivity index (χ2n) is 7.92. The van der Waals surface area contributed by atoms with Crippen molar-refractivity contribution in [3.05, 3.63) is 34.5 Å². The Hall–Kier alpha value is -2.47. The van der Waals surface area contributed by atoms with E-state index in [9.17, 15) is 19.2 Å². The number of fused-ring (bicyclic) bond motifs is 3. The number of nitrogens with one attached hydrogen (secondary N) is 1. The lowest BCUT2D eigenvalue weighted by atomic mass is 9.98. The molecule has 160 valence electrons. The minimum Gasteiger partial charge on any atom is -0.474 e. The zero-order chi connectivity index (χ0) is 21.0. The average Bonchev–Trinajstić information content (AvgIpc) is 3.40. The maximum atomic E-state index is 13.0. The van der Waals surface area contributed by atoms with Gasteiger partial charge in [0, 0.05) is 5.69 Å². The second kappa shape index (κ2) is 7.05. The molecule has 3 aliphatic rings. The number of hydrogen-bond donors (Lipinski definition) is 4. The first-order valence-electron chi connectivity index (χ1n) is 9.91. The second-order valence-corrected chi connectivity index (χ2v) is 9.68. The molecular weight excluding hydrogens is 410 g/mol. The molecule has 2 amide bonds. The number of carbonyl (C=O) groups excluding carboxylic acids is 1. The number of carbonyl (C=O) groups is 1. The van der Waals surface area contributed by atoms with Gasteiger partial charge in [0.1, 0.15) is 17.6 Å². The number of nitrogens with two attached hydrogens (primary N) is 1. The first kappa shape index (κ1) is 19.5. The van der Waals surface area contributed by atoms with Crippen molar-refractivity contribution < 1.29 is 24.0 Å². The van der Waals surface area contributed by atoms with Gasteiger partial charge in [-0.3, -0.25) is 0 Å². The number of ether oxygens (including phenoxy) is 1. The number of aromatic nitrogens is 2. The van der Waals surface area contributed by atoms with Crippen LogP contribution in [-0.4, -0.2) is 42.9 Å². The minimum absolute atomic E-state index is 0.0171. The van der Waals surface area contributed by atoms with E-state index in [2.05, 4.69) is 14.8 Å². The summed E-state index contributed by atoms with van der Waals surface area (Å²) in [5.74, 6) is 0.147. The molecule has 1 aromatic heterocycles. The smallest absolute Gasteiger partial charge is 0.354 e. The molecule has 0 radical (unpaired) electrons. The van der Waals surface area contributed by atoms with Crippen LogP contribution in [0.4, 0.5) is 10.5 Å². The Balaban J connectivity index is 1.48.